The summed E-state index contributed by atoms with van der Waals surface area (Å²) >= 11 is 0. The zero-order valence-corrected chi connectivity index (χ0v) is 30.0. The molecule has 0 amide bonds. The largest absolute Gasteiger partial charge is 0.0964 e. The van der Waals surface area contributed by atoms with Crippen LogP contribution in [0.4, 0.5) is 0 Å². The first kappa shape index (κ1) is 31.3. The van der Waals surface area contributed by atoms with Crippen molar-refractivity contribution in [2.45, 2.75) is 88.3 Å². The standard InChI is InChI=1S/C42H47P3/c1-30-20-21-31(2)43(30)28-34-24-36-27-42(45(38-16-10-6-11-17-38)39-18-12-7-13-19-39)37(29-44-32(3)22-23-33(44)4)26-41(36)40(25-34)35-14-8-5-9-15-35/h5-19,24-27,30-33H,20-23,28-29H2,1-4H3/t30-,31-,32-,33-/m1/s1. The Morgan fingerprint density at radius 1 is 0.556 bits per heavy atom. The highest BCUT2D eigenvalue weighted by Crippen LogP contribution is 2.59. The molecule has 2 aliphatic rings. The molecule has 5 aromatic carbocycles. The molecule has 0 radical (unpaired) electrons. The van der Waals surface area contributed by atoms with Gasteiger partial charge in [-0.1, -0.05) is 147 Å². The van der Waals surface area contributed by atoms with E-state index in [0.717, 1.165) is 22.6 Å². The fourth-order valence-electron chi connectivity index (χ4n) is 7.90. The Labute approximate surface area is 275 Å². The van der Waals surface area contributed by atoms with E-state index in [1.807, 2.05) is 0 Å². The smallest absolute Gasteiger partial charge is 0.00615 e. The lowest BCUT2D eigenvalue weighted by Gasteiger charge is -2.28. The molecule has 0 aliphatic carbocycles. The van der Waals surface area contributed by atoms with E-state index < -0.39 is 7.92 Å². The van der Waals surface area contributed by atoms with Crippen LogP contribution in [-0.4, -0.2) is 22.6 Å². The Morgan fingerprint density at radius 2 is 1.04 bits per heavy atom. The minimum atomic E-state index is -0.675. The lowest BCUT2D eigenvalue weighted by Crippen LogP contribution is -2.24. The molecule has 2 fully saturated rings. The molecule has 0 bridgehead atoms. The summed E-state index contributed by atoms with van der Waals surface area (Å²) in [6.45, 7) is 10.1. The predicted molar refractivity (Wildman–Crippen MR) is 206 cm³/mol. The van der Waals surface area contributed by atoms with E-state index in [9.17, 15) is 0 Å². The SMILES string of the molecule is C[C@@H]1CC[C@@H](C)P1Cc1cc(-c2ccccc2)c2cc(CP3[C@H](C)CC[C@H]3C)c(P(c3ccccc3)c3ccccc3)cc2c1. The van der Waals surface area contributed by atoms with Gasteiger partial charge in [0.05, 0.1) is 0 Å². The second-order valence-electron chi connectivity index (χ2n) is 13.6. The second kappa shape index (κ2) is 13.8. The number of rotatable bonds is 8. The molecule has 0 aromatic heterocycles. The molecule has 7 rings (SSSR count). The number of hydrogen-bond donors (Lipinski definition) is 0. The quantitative estimate of drug-likeness (QED) is 0.148. The molecule has 4 atom stereocenters. The van der Waals surface area contributed by atoms with Gasteiger partial charge in [-0.25, -0.2) is 0 Å². The molecule has 5 aromatic rings. The van der Waals surface area contributed by atoms with E-state index in [-0.39, 0.29) is 15.8 Å². The molecule has 2 aliphatic heterocycles. The lowest BCUT2D eigenvalue weighted by atomic mass is 9.95. The van der Waals surface area contributed by atoms with Crippen molar-refractivity contribution >= 4 is 50.5 Å². The fourth-order valence-corrected chi connectivity index (χ4v) is 16.7. The summed E-state index contributed by atoms with van der Waals surface area (Å²) in [7, 11) is -0.722. The maximum atomic E-state index is 2.66. The van der Waals surface area contributed by atoms with Gasteiger partial charge in [0, 0.05) is 0 Å². The van der Waals surface area contributed by atoms with E-state index >= 15 is 0 Å². The van der Waals surface area contributed by atoms with Crippen LogP contribution in [0.15, 0.2) is 115 Å². The van der Waals surface area contributed by atoms with Gasteiger partial charge in [-0.05, 0) is 130 Å². The topological polar surface area (TPSA) is 0 Å². The van der Waals surface area contributed by atoms with Crippen LogP contribution in [0.5, 0.6) is 0 Å². The monoisotopic (exact) mass is 644 g/mol. The average molecular weight is 645 g/mol. The Hall–Kier alpha value is -2.35. The molecule has 2 heterocycles. The van der Waals surface area contributed by atoms with Crippen LogP contribution >= 0.6 is 23.8 Å². The van der Waals surface area contributed by atoms with Crippen LogP contribution in [0.25, 0.3) is 21.9 Å². The Kier molecular flexibility index (Phi) is 9.58. The molecule has 0 unspecified atom stereocenters. The summed E-state index contributed by atoms with van der Waals surface area (Å²) in [5.41, 5.74) is 9.33. The summed E-state index contributed by atoms with van der Waals surface area (Å²) in [4.78, 5) is 0. The zero-order chi connectivity index (χ0) is 30.9. The Morgan fingerprint density at radius 3 is 1.58 bits per heavy atom. The van der Waals surface area contributed by atoms with E-state index in [1.165, 1.54) is 76.1 Å². The minimum absolute atomic E-state index is 0.00805. The van der Waals surface area contributed by atoms with Crippen molar-refractivity contribution in [3.8, 4) is 11.1 Å². The molecule has 45 heavy (non-hydrogen) atoms. The van der Waals surface area contributed by atoms with E-state index in [2.05, 4.69) is 143 Å². The van der Waals surface area contributed by atoms with Gasteiger partial charge in [0.1, 0.15) is 0 Å². The number of fused-ring (bicyclic) bond motifs is 1. The van der Waals surface area contributed by atoms with Gasteiger partial charge in [0.15, 0.2) is 0 Å². The summed E-state index contributed by atoms with van der Waals surface area (Å²) in [6.07, 6.45) is 8.06. The van der Waals surface area contributed by atoms with Gasteiger partial charge in [0.2, 0.25) is 0 Å². The Bertz CT molecular complexity index is 1670. The first-order valence-corrected chi connectivity index (χ1v) is 21.7. The highest BCUT2D eigenvalue weighted by molar-refractivity contribution is 7.80. The fraction of sp³-hybridized carbons (Fsp3) is 0.333. The maximum absolute atomic E-state index is 2.66. The van der Waals surface area contributed by atoms with Crippen LogP contribution in [-0.2, 0) is 12.3 Å². The van der Waals surface area contributed by atoms with Crippen LogP contribution in [0, 0.1) is 0 Å². The molecule has 0 N–H and O–H groups in total. The van der Waals surface area contributed by atoms with E-state index in [1.54, 1.807) is 10.9 Å². The lowest BCUT2D eigenvalue weighted by molar-refractivity contribution is 0.777. The zero-order valence-electron chi connectivity index (χ0n) is 27.4. The summed E-state index contributed by atoms with van der Waals surface area (Å²) < 4.78 is 0. The molecule has 0 nitrogen and oxygen atoms in total. The van der Waals surface area contributed by atoms with E-state index in [4.69, 9.17) is 0 Å². The van der Waals surface area contributed by atoms with Gasteiger partial charge < -0.3 is 0 Å². The molecular weight excluding hydrogens is 597 g/mol. The van der Waals surface area contributed by atoms with Crippen molar-refractivity contribution in [2.75, 3.05) is 0 Å². The van der Waals surface area contributed by atoms with Gasteiger partial charge in [-0.3, -0.25) is 0 Å². The third-order valence-corrected chi connectivity index (χ3v) is 20.1. The summed E-state index contributed by atoms with van der Waals surface area (Å²) in [5, 5.41) is 7.36. The van der Waals surface area contributed by atoms with Crippen molar-refractivity contribution in [1.82, 2.24) is 0 Å². The van der Waals surface area contributed by atoms with Crippen molar-refractivity contribution in [2.24, 2.45) is 0 Å². The number of hydrogen-bond acceptors (Lipinski definition) is 0. The average Bonchev–Trinajstić information content (AvgIpc) is 3.56. The molecule has 230 valence electrons. The summed E-state index contributed by atoms with van der Waals surface area (Å²) in [5.74, 6) is 0. The van der Waals surface area contributed by atoms with Gasteiger partial charge in [-0.2, -0.15) is 0 Å². The molecule has 0 spiro atoms. The van der Waals surface area contributed by atoms with Crippen molar-refractivity contribution in [3.63, 3.8) is 0 Å². The van der Waals surface area contributed by atoms with Crippen molar-refractivity contribution < 1.29 is 0 Å². The van der Waals surface area contributed by atoms with Crippen molar-refractivity contribution in [1.29, 1.82) is 0 Å². The van der Waals surface area contributed by atoms with Crippen LogP contribution in [0.3, 0.4) is 0 Å². The second-order valence-corrected chi connectivity index (χ2v) is 22.0. The van der Waals surface area contributed by atoms with Crippen LogP contribution in [0.1, 0.15) is 64.5 Å². The third-order valence-electron chi connectivity index (χ3n) is 10.6. The summed E-state index contributed by atoms with van der Waals surface area (Å²) in [6, 6.07) is 44.5. The molecule has 2 saturated heterocycles. The normalized spacial score (nSPS) is 22.5. The molecular formula is C42H47P3. The molecule has 3 heteroatoms. The van der Waals surface area contributed by atoms with Gasteiger partial charge in [-0.15, -0.1) is 0 Å². The number of benzene rings is 5. The highest BCUT2D eigenvalue weighted by atomic mass is 31.1. The van der Waals surface area contributed by atoms with E-state index in [0.29, 0.717) is 0 Å². The maximum Gasteiger partial charge on any atom is -0.00615 e. The minimum Gasteiger partial charge on any atom is -0.0964 e. The Balaban J connectivity index is 1.46. The molecule has 0 saturated carbocycles. The van der Waals surface area contributed by atoms with Gasteiger partial charge >= 0.3 is 0 Å². The predicted octanol–water partition coefficient (Wildman–Crippen LogP) is 11.4. The highest BCUT2D eigenvalue weighted by Gasteiger charge is 2.32. The van der Waals surface area contributed by atoms with Crippen LogP contribution < -0.4 is 15.9 Å². The first-order valence-electron chi connectivity index (χ1n) is 17.0. The van der Waals surface area contributed by atoms with Crippen molar-refractivity contribution in [3.05, 3.63) is 126 Å². The first-order chi connectivity index (χ1) is 22.0. The van der Waals surface area contributed by atoms with Crippen LogP contribution in [0.2, 0.25) is 0 Å². The third kappa shape index (κ3) is 6.59. The van der Waals surface area contributed by atoms with Gasteiger partial charge in [0.25, 0.3) is 0 Å².